The monoisotopic (exact) mass is 168 g/mol. The van der Waals surface area contributed by atoms with Gasteiger partial charge in [-0.05, 0) is 25.7 Å². The average Bonchev–Trinajstić information content (AvgIpc) is 2.62. The number of carbonyl (C=O) groups is 1. The summed E-state index contributed by atoms with van der Waals surface area (Å²) in [6, 6.07) is 0. The Morgan fingerprint density at radius 1 is 1.58 bits per heavy atom. The predicted octanol–water partition coefficient (Wildman–Crippen LogP) is 1.78. The Labute approximate surface area is 73.3 Å². The topological polar surface area (TPSA) is 29.6 Å². The smallest absolute Gasteiger partial charge is 0.167 e. The Balaban J connectivity index is 2.10. The molecule has 0 N–H and O–H groups in total. The van der Waals surface area contributed by atoms with Crippen LogP contribution in [0.3, 0.4) is 0 Å². The first-order valence-corrected chi connectivity index (χ1v) is 4.76. The minimum absolute atomic E-state index is 0.0568. The van der Waals surface area contributed by atoms with Gasteiger partial charge in [-0.2, -0.15) is 0 Å². The molecule has 2 nitrogen and oxygen atoms in total. The third-order valence-corrected chi connectivity index (χ3v) is 3.26. The standard InChI is InChI=1S/C10H16O2/c1-6(2)7-4-5-10(3)9(12-10)8(7)11/h6-7,9H,4-5H2,1-3H3/t7-,9+,10+/m1/s1. The molecule has 0 amide bonds. The molecule has 1 aliphatic carbocycles. The number of fused-ring (bicyclic) bond motifs is 1. The minimum atomic E-state index is -0.0670. The van der Waals surface area contributed by atoms with Crippen molar-refractivity contribution in [3.63, 3.8) is 0 Å². The second-order valence-electron chi connectivity index (χ2n) is 4.60. The van der Waals surface area contributed by atoms with Gasteiger partial charge in [-0.1, -0.05) is 13.8 Å². The highest BCUT2D eigenvalue weighted by atomic mass is 16.6. The first-order chi connectivity index (χ1) is 5.54. The molecule has 2 heteroatoms. The van der Waals surface area contributed by atoms with Crippen LogP contribution in [0.1, 0.15) is 33.6 Å². The lowest BCUT2D eigenvalue weighted by Gasteiger charge is -2.23. The van der Waals surface area contributed by atoms with Gasteiger partial charge in [0.15, 0.2) is 5.78 Å². The Morgan fingerprint density at radius 2 is 2.25 bits per heavy atom. The Morgan fingerprint density at radius 3 is 2.83 bits per heavy atom. The predicted molar refractivity (Wildman–Crippen MR) is 45.8 cm³/mol. The van der Waals surface area contributed by atoms with Crippen LogP contribution < -0.4 is 0 Å². The van der Waals surface area contributed by atoms with Crippen LogP contribution >= 0.6 is 0 Å². The number of ether oxygens (including phenoxy) is 1. The van der Waals surface area contributed by atoms with E-state index in [1.54, 1.807) is 0 Å². The summed E-state index contributed by atoms with van der Waals surface area (Å²) in [5.74, 6) is 1.08. The van der Waals surface area contributed by atoms with Gasteiger partial charge in [0.25, 0.3) is 0 Å². The SMILES string of the molecule is CC(C)[C@H]1CC[C@]2(C)O[C@H]2C1=O. The molecule has 0 aromatic carbocycles. The van der Waals surface area contributed by atoms with Gasteiger partial charge in [0, 0.05) is 5.92 Å². The van der Waals surface area contributed by atoms with Crippen LogP contribution in [0.5, 0.6) is 0 Å². The van der Waals surface area contributed by atoms with Crippen LogP contribution in [0, 0.1) is 11.8 Å². The van der Waals surface area contributed by atoms with Crippen LogP contribution in [0.4, 0.5) is 0 Å². The molecule has 2 rings (SSSR count). The molecule has 1 heterocycles. The molecule has 0 aromatic heterocycles. The van der Waals surface area contributed by atoms with Gasteiger partial charge in [0.05, 0.1) is 5.60 Å². The summed E-state index contributed by atoms with van der Waals surface area (Å²) in [4.78, 5) is 11.7. The van der Waals surface area contributed by atoms with E-state index >= 15 is 0 Å². The maximum absolute atomic E-state index is 11.7. The highest BCUT2D eigenvalue weighted by Gasteiger charge is 2.60. The molecule has 2 fully saturated rings. The summed E-state index contributed by atoms with van der Waals surface area (Å²) in [5, 5.41) is 0. The zero-order valence-corrected chi connectivity index (χ0v) is 7.96. The van der Waals surface area contributed by atoms with Crippen LogP contribution in [0.25, 0.3) is 0 Å². The molecule has 68 valence electrons. The zero-order chi connectivity index (χ0) is 8.93. The molecule has 0 bridgehead atoms. The number of hydrogen-bond acceptors (Lipinski definition) is 2. The lowest BCUT2D eigenvalue weighted by Crippen LogP contribution is -2.34. The second-order valence-corrected chi connectivity index (χ2v) is 4.60. The fourth-order valence-electron chi connectivity index (χ4n) is 2.22. The largest absolute Gasteiger partial charge is 0.358 e. The van der Waals surface area contributed by atoms with Crippen LogP contribution in [-0.2, 0) is 9.53 Å². The van der Waals surface area contributed by atoms with E-state index in [0.29, 0.717) is 11.7 Å². The molecule has 3 atom stereocenters. The van der Waals surface area contributed by atoms with Gasteiger partial charge in [-0.15, -0.1) is 0 Å². The Bertz CT molecular complexity index is 222. The highest BCUT2D eigenvalue weighted by Crippen LogP contribution is 2.48. The number of rotatable bonds is 1. The maximum atomic E-state index is 11.7. The van der Waals surface area contributed by atoms with Crippen molar-refractivity contribution >= 4 is 5.78 Å². The van der Waals surface area contributed by atoms with Crippen molar-refractivity contribution in [3.05, 3.63) is 0 Å². The van der Waals surface area contributed by atoms with E-state index in [0.717, 1.165) is 12.8 Å². The molecular weight excluding hydrogens is 152 g/mol. The molecule has 0 radical (unpaired) electrons. The number of ketones is 1. The number of epoxide rings is 1. The summed E-state index contributed by atoms with van der Waals surface area (Å²) < 4.78 is 5.41. The molecule has 1 saturated heterocycles. The molecule has 0 aromatic rings. The highest BCUT2D eigenvalue weighted by molar-refractivity contribution is 5.90. The van der Waals surface area contributed by atoms with Gasteiger partial charge in [-0.25, -0.2) is 0 Å². The van der Waals surface area contributed by atoms with E-state index < -0.39 is 0 Å². The molecule has 0 unspecified atom stereocenters. The van der Waals surface area contributed by atoms with E-state index in [-0.39, 0.29) is 17.6 Å². The minimum Gasteiger partial charge on any atom is -0.358 e. The summed E-state index contributed by atoms with van der Waals surface area (Å²) in [7, 11) is 0. The van der Waals surface area contributed by atoms with Crippen molar-refractivity contribution in [2.24, 2.45) is 11.8 Å². The fraction of sp³-hybridized carbons (Fsp3) is 0.900. The van der Waals surface area contributed by atoms with Crippen molar-refractivity contribution in [2.45, 2.75) is 45.3 Å². The molecule has 0 spiro atoms. The molecule has 1 saturated carbocycles. The lowest BCUT2D eigenvalue weighted by atomic mass is 9.77. The summed E-state index contributed by atoms with van der Waals surface area (Å²) in [6.07, 6.45) is 2.02. The zero-order valence-electron chi connectivity index (χ0n) is 7.96. The van der Waals surface area contributed by atoms with Crippen molar-refractivity contribution in [1.82, 2.24) is 0 Å². The van der Waals surface area contributed by atoms with E-state index in [4.69, 9.17) is 4.74 Å². The first-order valence-electron chi connectivity index (χ1n) is 4.76. The second kappa shape index (κ2) is 2.32. The van der Waals surface area contributed by atoms with E-state index in [2.05, 4.69) is 13.8 Å². The Kier molecular flexibility index (Phi) is 1.59. The van der Waals surface area contributed by atoms with E-state index in [9.17, 15) is 4.79 Å². The van der Waals surface area contributed by atoms with Crippen molar-refractivity contribution in [2.75, 3.05) is 0 Å². The fourth-order valence-corrected chi connectivity index (χ4v) is 2.22. The molecule has 2 aliphatic rings. The summed E-state index contributed by atoms with van der Waals surface area (Å²) in [5.41, 5.74) is -0.0670. The Hall–Kier alpha value is -0.370. The number of carbonyl (C=O) groups excluding carboxylic acids is 1. The van der Waals surface area contributed by atoms with E-state index in [1.807, 2.05) is 6.92 Å². The maximum Gasteiger partial charge on any atom is 0.167 e. The van der Waals surface area contributed by atoms with Crippen molar-refractivity contribution in [1.29, 1.82) is 0 Å². The summed E-state index contributed by atoms with van der Waals surface area (Å²) in [6.45, 7) is 6.29. The van der Waals surface area contributed by atoms with Gasteiger partial charge in [0.1, 0.15) is 6.10 Å². The van der Waals surface area contributed by atoms with Crippen LogP contribution in [-0.4, -0.2) is 17.5 Å². The van der Waals surface area contributed by atoms with Crippen molar-refractivity contribution < 1.29 is 9.53 Å². The quantitative estimate of drug-likeness (QED) is 0.558. The third-order valence-electron chi connectivity index (χ3n) is 3.26. The number of Topliss-reactive ketones (excluding diaryl/α,β-unsaturated/α-hetero) is 1. The van der Waals surface area contributed by atoms with Crippen LogP contribution in [0.15, 0.2) is 0 Å². The molecule has 1 aliphatic heterocycles. The van der Waals surface area contributed by atoms with Crippen LogP contribution in [0.2, 0.25) is 0 Å². The summed E-state index contributed by atoms with van der Waals surface area (Å²) >= 11 is 0. The van der Waals surface area contributed by atoms with Crippen molar-refractivity contribution in [3.8, 4) is 0 Å². The molecule has 12 heavy (non-hydrogen) atoms. The third kappa shape index (κ3) is 1.01. The van der Waals surface area contributed by atoms with Gasteiger partial charge in [-0.3, -0.25) is 4.79 Å². The van der Waals surface area contributed by atoms with Gasteiger partial charge >= 0.3 is 0 Å². The lowest BCUT2D eigenvalue weighted by molar-refractivity contribution is -0.126. The number of hydrogen-bond donors (Lipinski definition) is 0. The van der Waals surface area contributed by atoms with Gasteiger partial charge < -0.3 is 4.74 Å². The van der Waals surface area contributed by atoms with E-state index in [1.165, 1.54) is 0 Å². The molecular formula is C10H16O2. The van der Waals surface area contributed by atoms with Gasteiger partial charge in [0.2, 0.25) is 0 Å². The average molecular weight is 168 g/mol. The first kappa shape index (κ1) is 8.24. The normalized spacial score (nSPS) is 46.2.